The molecule has 2 aliphatic heterocycles. The number of piperidine rings is 2. The molecule has 2 aromatic rings. The first-order chi connectivity index (χ1) is 16.1. The predicted molar refractivity (Wildman–Crippen MR) is 126 cm³/mol. The van der Waals surface area contributed by atoms with Crippen LogP contribution in [0.4, 0.5) is 4.79 Å². The number of imidazole rings is 1. The van der Waals surface area contributed by atoms with Crippen LogP contribution in [0.3, 0.4) is 0 Å². The third-order valence-corrected chi connectivity index (χ3v) is 7.75. The SMILES string of the molecule is O=C(NCCn1cnc2cc(C(=O)N3CCC[C@@H]4CCCC[C@@H]43)ccc21)N1CCC(O)CC1. The number of hydrogen-bond acceptors (Lipinski definition) is 4. The second kappa shape index (κ2) is 9.71. The Morgan fingerprint density at radius 1 is 1.03 bits per heavy atom. The molecule has 2 N–H and O–H groups in total. The molecule has 2 atom stereocenters. The molecule has 33 heavy (non-hydrogen) atoms. The van der Waals surface area contributed by atoms with Crippen LogP contribution < -0.4 is 5.32 Å². The summed E-state index contributed by atoms with van der Waals surface area (Å²) in [6.45, 7) is 3.16. The number of carbonyl (C=O) groups is 2. The Morgan fingerprint density at radius 3 is 2.67 bits per heavy atom. The van der Waals surface area contributed by atoms with Crippen molar-refractivity contribution in [3.63, 3.8) is 0 Å². The van der Waals surface area contributed by atoms with Gasteiger partial charge >= 0.3 is 6.03 Å². The van der Waals surface area contributed by atoms with E-state index in [2.05, 4.69) is 15.2 Å². The zero-order valence-corrected chi connectivity index (χ0v) is 19.3. The summed E-state index contributed by atoms with van der Waals surface area (Å²) in [5, 5.41) is 12.6. The maximum absolute atomic E-state index is 13.3. The molecule has 3 heterocycles. The minimum Gasteiger partial charge on any atom is -0.393 e. The smallest absolute Gasteiger partial charge is 0.317 e. The van der Waals surface area contributed by atoms with Gasteiger partial charge in [0.15, 0.2) is 0 Å². The number of hydrogen-bond donors (Lipinski definition) is 2. The first-order valence-electron chi connectivity index (χ1n) is 12.6. The lowest BCUT2D eigenvalue weighted by Gasteiger charge is -2.44. The van der Waals surface area contributed by atoms with Gasteiger partial charge in [0.2, 0.25) is 0 Å². The van der Waals surface area contributed by atoms with Crippen LogP contribution in [0.2, 0.25) is 0 Å². The maximum Gasteiger partial charge on any atom is 0.317 e. The summed E-state index contributed by atoms with van der Waals surface area (Å²) in [4.78, 5) is 34.1. The molecule has 0 unspecified atom stereocenters. The highest BCUT2D eigenvalue weighted by atomic mass is 16.3. The van der Waals surface area contributed by atoms with Gasteiger partial charge in [-0.05, 0) is 62.6 Å². The van der Waals surface area contributed by atoms with Crippen LogP contribution in [-0.2, 0) is 6.54 Å². The molecule has 0 radical (unpaired) electrons. The Morgan fingerprint density at radius 2 is 1.82 bits per heavy atom. The van der Waals surface area contributed by atoms with Crippen LogP contribution >= 0.6 is 0 Å². The monoisotopic (exact) mass is 453 g/mol. The second-order valence-electron chi connectivity index (χ2n) is 9.84. The topological polar surface area (TPSA) is 90.7 Å². The predicted octanol–water partition coefficient (Wildman–Crippen LogP) is 3.00. The Kier molecular flexibility index (Phi) is 6.53. The van der Waals surface area contributed by atoms with Crippen molar-refractivity contribution in [1.82, 2.24) is 24.7 Å². The Balaban J connectivity index is 1.20. The second-order valence-corrected chi connectivity index (χ2v) is 9.84. The van der Waals surface area contributed by atoms with E-state index in [9.17, 15) is 14.7 Å². The summed E-state index contributed by atoms with van der Waals surface area (Å²) in [6.07, 6.45) is 10.0. The van der Waals surface area contributed by atoms with E-state index in [-0.39, 0.29) is 18.0 Å². The Hall–Kier alpha value is -2.61. The van der Waals surface area contributed by atoms with Crippen molar-refractivity contribution in [1.29, 1.82) is 0 Å². The van der Waals surface area contributed by atoms with Crippen LogP contribution in [0.1, 0.15) is 61.7 Å². The fraction of sp³-hybridized carbons (Fsp3) is 0.640. The first kappa shape index (κ1) is 22.2. The van der Waals surface area contributed by atoms with Crippen molar-refractivity contribution in [2.75, 3.05) is 26.2 Å². The summed E-state index contributed by atoms with van der Waals surface area (Å²) in [5.74, 6) is 0.812. The minimum absolute atomic E-state index is 0.0817. The highest BCUT2D eigenvalue weighted by molar-refractivity contribution is 5.97. The number of carbonyl (C=O) groups excluding carboxylic acids is 2. The number of fused-ring (bicyclic) bond motifs is 2. The summed E-state index contributed by atoms with van der Waals surface area (Å²) in [7, 11) is 0. The van der Waals surface area contributed by atoms with E-state index in [1.54, 1.807) is 11.2 Å². The molecule has 1 saturated carbocycles. The van der Waals surface area contributed by atoms with E-state index in [1.807, 2.05) is 22.8 Å². The minimum atomic E-state index is -0.290. The summed E-state index contributed by atoms with van der Waals surface area (Å²) < 4.78 is 2.02. The highest BCUT2D eigenvalue weighted by Crippen LogP contribution is 2.36. The van der Waals surface area contributed by atoms with E-state index in [0.29, 0.717) is 51.0 Å². The number of likely N-dealkylation sites (tertiary alicyclic amines) is 2. The van der Waals surface area contributed by atoms with Gasteiger partial charge in [0.25, 0.3) is 5.91 Å². The van der Waals surface area contributed by atoms with Crippen molar-refractivity contribution in [3.05, 3.63) is 30.1 Å². The zero-order chi connectivity index (χ0) is 22.8. The number of aliphatic hydroxyl groups excluding tert-OH is 1. The number of urea groups is 1. The van der Waals surface area contributed by atoms with Gasteiger partial charge in [0, 0.05) is 44.3 Å². The molecule has 8 nitrogen and oxygen atoms in total. The van der Waals surface area contributed by atoms with Crippen molar-refractivity contribution in [3.8, 4) is 0 Å². The largest absolute Gasteiger partial charge is 0.393 e. The molecule has 0 bridgehead atoms. The molecular weight excluding hydrogens is 418 g/mol. The van der Waals surface area contributed by atoms with Gasteiger partial charge in [-0.1, -0.05) is 12.8 Å². The molecule has 3 fully saturated rings. The maximum atomic E-state index is 13.3. The van der Waals surface area contributed by atoms with E-state index in [1.165, 1.54) is 25.7 Å². The zero-order valence-electron chi connectivity index (χ0n) is 19.3. The van der Waals surface area contributed by atoms with Gasteiger partial charge in [-0.2, -0.15) is 0 Å². The van der Waals surface area contributed by atoms with Crippen molar-refractivity contribution in [2.45, 2.75) is 70.1 Å². The molecule has 1 aliphatic carbocycles. The molecule has 0 spiro atoms. The number of benzene rings is 1. The normalized spacial score (nSPS) is 24.0. The van der Waals surface area contributed by atoms with E-state index < -0.39 is 0 Å². The standard InChI is InChI=1S/C25H35N5O3/c31-20-9-13-28(14-10-20)25(33)26-11-15-29-17-27-21-16-19(7-8-23(21)29)24(32)30-12-3-5-18-4-1-2-6-22(18)30/h7-8,16-18,20,22,31H,1-6,9-15H2,(H,26,33)/t18-,22-/m0/s1. The lowest BCUT2D eigenvalue weighted by atomic mass is 9.78. The lowest BCUT2D eigenvalue weighted by molar-refractivity contribution is 0.0391. The van der Waals surface area contributed by atoms with Crippen LogP contribution in [-0.4, -0.2) is 74.7 Å². The van der Waals surface area contributed by atoms with E-state index in [0.717, 1.165) is 36.0 Å². The van der Waals surface area contributed by atoms with Crippen molar-refractivity contribution >= 4 is 23.0 Å². The summed E-state index contributed by atoms with van der Waals surface area (Å²) in [5.41, 5.74) is 2.50. The number of nitrogens with zero attached hydrogens (tertiary/aromatic N) is 4. The first-order valence-corrected chi connectivity index (χ1v) is 12.6. The number of aliphatic hydroxyl groups is 1. The van der Waals surface area contributed by atoms with Crippen LogP contribution in [0, 0.1) is 5.92 Å². The van der Waals surface area contributed by atoms with Gasteiger partial charge in [0.05, 0.1) is 23.5 Å². The summed E-state index contributed by atoms with van der Waals surface area (Å²) in [6, 6.07) is 6.14. The molecule has 8 heteroatoms. The van der Waals surface area contributed by atoms with Crippen molar-refractivity contribution < 1.29 is 14.7 Å². The van der Waals surface area contributed by atoms with Gasteiger partial charge in [-0.3, -0.25) is 4.79 Å². The fourth-order valence-electron chi connectivity index (χ4n) is 5.88. The highest BCUT2D eigenvalue weighted by Gasteiger charge is 2.36. The summed E-state index contributed by atoms with van der Waals surface area (Å²) >= 11 is 0. The fourth-order valence-corrected chi connectivity index (χ4v) is 5.88. The average molecular weight is 454 g/mol. The van der Waals surface area contributed by atoms with Crippen LogP contribution in [0.5, 0.6) is 0 Å². The molecular formula is C25H35N5O3. The number of aromatic nitrogens is 2. The Bertz CT molecular complexity index is 995. The number of rotatable bonds is 4. The van der Waals surface area contributed by atoms with Gasteiger partial charge < -0.3 is 24.8 Å². The van der Waals surface area contributed by atoms with Crippen molar-refractivity contribution in [2.24, 2.45) is 5.92 Å². The van der Waals surface area contributed by atoms with Crippen LogP contribution in [0.25, 0.3) is 11.0 Å². The van der Waals surface area contributed by atoms with Gasteiger partial charge in [-0.15, -0.1) is 0 Å². The number of amides is 3. The quantitative estimate of drug-likeness (QED) is 0.745. The molecule has 3 amide bonds. The third kappa shape index (κ3) is 4.71. The molecule has 1 aromatic heterocycles. The average Bonchev–Trinajstić information content (AvgIpc) is 3.26. The van der Waals surface area contributed by atoms with Crippen LogP contribution in [0.15, 0.2) is 24.5 Å². The molecule has 3 aliphatic rings. The van der Waals surface area contributed by atoms with E-state index in [4.69, 9.17) is 0 Å². The molecule has 2 saturated heterocycles. The molecule has 178 valence electrons. The Labute approximate surface area is 194 Å². The van der Waals surface area contributed by atoms with Gasteiger partial charge in [-0.25, -0.2) is 9.78 Å². The lowest BCUT2D eigenvalue weighted by Crippen LogP contribution is -2.49. The molecule has 5 rings (SSSR count). The number of nitrogens with one attached hydrogen (secondary N) is 1. The molecule has 1 aromatic carbocycles. The van der Waals surface area contributed by atoms with E-state index >= 15 is 0 Å². The third-order valence-electron chi connectivity index (χ3n) is 7.75. The van der Waals surface area contributed by atoms with Gasteiger partial charge in [0.1, 0.15) is 0 Å².